The number of anilines is 3. The first-order chi connectivity index (χ1) is 26.3. The van der Waals surface area contributed by atoms with Gasteiger partial charge in [0.1, 0.15) is 11.5 Å². The summed E-state index contributed by atoms with van der Waals surface area (Å²) in [6, 6.07) is 72.5. The molecule has 0 radical (unpaired) electrons. The third-order valence-electron chi connectivity index (χ3n) is 11.3. The molecule has 0 aromatic heterocycles. The minimum absolute atomic E-state index is 0.575. The predicted molar refractivity (Wildman–Crippen MR) is 219 cm³/mol. The monoisotopic (exact) mass is 675 g/mol. The van der Waals surface area contributed by atoms with Gasteiger partial charge in [-0.25, -0.2) is 0 Å². The smallest absolute Gasteiger partial charge is 0.134 e. The molecule has 2 heteroatoms. The fourth-order valence-corrected chi connectivity index (χ4v) is 9.18. The van der Waals surface area contributed by atoms with Crippen LogP contribution in [0.2, 0.25) is 0 Å². The van der Waals surface area contributed by atoms with Crippen molar-refractivity contribution >= 4 is 38.6 Å². The Bertz CT molecular complexity index is 2870. The second kappa shape index (κ2) is 11.6. The molecule has 1 unspecified atom stereocenters. The summed E-state index contributed by atoms with van der Waals surface area (Å²) in [5, 5.41) is 4.95. The molecule has 0 saturated carbocycles. The topological polar surface area (TPSA) is 12.5 Å². The number of ether oxygens (including phenoxy) is 1. The molecule has 0 fully saturated rings. The molecular weight excluding hydrogens is 643 g/mol. The summed E-state index contributed by atoms with van der Waals surface area (Å²) in [6.07, 6.45) is 0. The Morgan fingerprint density at radius 3 is 1.87 bits per heavy atom. The molecule has 1 heterocycles. The van der Waals surface area contributed by atoms with Crippen LogP contribution < -0.4 is 9.64 Å². The lowest BCUT2D eigenvalue weighted by atomic mass is 9.58. The summed E-state index contributed by atoms with van der Waals surface area (Å²) in [5.74, 6) is 1.74. The second-order valence-corrected chi connectivity index (χ2v) is 14.0. The first-order valence-electron chi connectivity index (χ1n) is 18.3. The van der Waals surface area contributed by atoms with E-state index in [1.165, 1.54) is 54.9 Å². The highest BCUT2D eigenvalue weighted by Crippen LogP contribution is 2.61. The molecule has 0 saturated heterocycles. The third kappa shape index (κ3) is 4.27. The van der Waals surface area contributed by atoms with Crippen LogP contribution in [-0.4, -0.2) is 0 Å². The number of para-hydroxylation sites is 2. The van der Waals surface area contributed by atoms with Gasteiger partial charge in [0, 0.05) is 34.0 Å². The average molecular weight is 676 g/mol. The van der Waals surface area contributed by atoms with Crippen molar-refractivity contribution in [1.82, 2.24) is 0 Å². The number of rotatable bonds is 4. The van der Waals surface area contributed by atoms with Gasteiger partial charge in [-0.2, -0.15) is 0 Å². The number of fused-ring (bicyclic) bond motifs is 9. The molecule has 1 atom stereocenters. The molecule has 1 aliphatic heterocycles. The molecule has 0 N–H and O–H groups in total. The van der Waals surface area contributed by atoms with Crippen LogP contribution in [0.5, 0.6) is 11.5 Å². The molecule has 11 rings (SSSR count). The molecular formula is C51H33NO. The normalized spacial score (nSPS) is 15.0. The van der Waals surface area contributed by atoms with Crippen molar-refractivity contribution in [3.63, 3.8) is 0 Å². The summed E-state index contributed by atoms with van der Waals surface area (Å²) in [4.78, 5) is 2.37. The fraction of sp³-hybridized carbons (Fsp3) is 0.0196. The maximum absolute atomic E-state index is 7.00. The highest BCUT2D eigenvalue weighted by molar-refractivity contribution is 6.07. The standard InChI is InChI=1S/C51H33NO/c1-3-15-34(16-4-1)38-22-13-24-41-39(38)23-14-29-47(41)52(36-19-5-2-6-20-36)37-31-32-45-49(33-37)53-48-30-10-9-27-44(48)51(45)43-26-8-7-21-40(43)42-25-11-17-35-18-12-28-46(51)50(35)42/h1-33H. The van der Waals surface area contributed by atoms with Gasteiger partial charge in [0.05, 0.1) is 11.1 Å². The van der Waals surface area contributed by atoms with E-state index in [-0.39, 0.29) is 0 Å². The van der Waals surface area contributed by atoms with E-state index in [0.29, 0.717) is 0 Å². The second-order valence-electron chi connectivity index (χ2n) is 14.0. The average Bonchev–Trinajstić information content (AvgIpc) is 3.23. The van der Waals surface area contributed by atoms with Crippen LogP contribution in [0.25, 0.3) is 43.8 Å². The first kappa shape index (κ1) is 29.8. The Balaban J connectivity index is 1.18. The van der Waals surface area contributed by atoms with Crippen LogP contribution >= 0.6 is 0 Å². The van der Waals surface area contributed by atoms with E-state index in [0.717, 1.165) is 39.7 Å². The van der Waals surface area contributed by atoms with Crippen molar-refractivity contribution in [2.45, 2.75) is 5.41 Å². The Kier molecular flexibility index (Phi) is 6.50. The van der Waals surface area contributed by atoms with Crippen LogP contribution in [-0.2, 0) is 5.41 Å². The predicted octanol–water partition coefficient (Wildman–Crippen LogP) is 13.6. The third-order valence-corrected chi connectivity index (χ3v) is 11.3. The van der Waals surface area contributed by atoms with Gasteiger partial charge in [0.15, 0.2) is 0 Å². The van der Waals surface area contributed by atoms with Gasteiger partial charge in [-0.1, -0.05) is 164 Å². The molecule has 2 nitrogen and oxygen atoms in total. The van der Waals surface area contributed by atoms with Gasteiger partial charge in [0.25, 0.3) is 0 Å². The summed E-state index contributed by atoms with van der Waals surface area (Å²) < 4.78 is 7.00. The van der Waals surface area contributed by atoms with Crippen molar-refractivity contribution in [2.24, 2.45) is 0 Å². The maximum atomic E-state index is 7.00. The van der Waals surface area contributed by atoms with Gasteiger partial charge in [0.2, 0.25) is 0 Å². The van der Waals surface area contributed by atoms with Crippen molar-refractivity contribution in [3.8, 4) is 33.8 Å². The summed E-state index contributed by atoms with van der Waals surface area (Å²) >= 11 is 0. The maximum Gasteiger partial charge on any atom is 0.134 e. The minimum Gasteiger partial charge on any atom is -0.457 e. The number of hydrogen-bond donors (Lipinski definition) is 0. The van der Waals surface area contributed by atoms with E-state index in [4.69, 9.17) is 4.74 Å². The van der Waals surface area contributed by atoms with Crippen LogP contribution in [0.1, 0.15) is 22.3 Å². The largest absolute Gasteiger partial charge is 0.457 e. The Hall–Kier alpha value is -6.90. The van der Waals surface area contributed by atoms with Crippen LogP contribution in [0.15, 0.2) is 200 Å². The van der Waals surface area contributed by atoms with Gasteiger partial charge >= 0.3 is 0 Å². The summed E-state index contributed by atoms with van der Waals surface area (Å²) in [5.41, 5.74) is 12.5. The molecule has 0 amide bonds. The summed E-state index contributed by atoms with van der Waals surface area (Å²) in [6.45, 7) is 0. The molecule has 248 valence electrons. The Morgan fingerprint density at radius 1 is 0.377 bits per heavy atom. The zero-order chi connectivity index (χ0) is 34.9. The van der Waals surface area contributed by atoms with E-state index >= 15 is 0 Å². The Labute approximate surface area is 308 Å². The molecule has 1 aliphatic carbocycles. The zero-order valence-corrected chi connectivity index (χ0v) is 28.9. The molecule has 9 aromatic rings. The van der Waals surface area contributed by atoms with Gasteiger partial charge in [-0.05, 0) is 79.9 Å². The van der Waals surface area contributed by atoms with Crippen molar-refractivity contribution in [1.29, 1.82) is 0 Å². The highest BCUT2D eigenvalue weighted by atomic mass is 16.5. The number of benzene rings is 9. The summed E-state index contributed by atoms with van der Waals surface area (Å²) in [7, 11) is 0. The van der Waals surface area contributed by atoms with E-state index in [9.17, 15) is 0 Å². The number of hydrogen-bond acceptors (Lipinski definition) is 2. The lowest BCUT2D eigenvalue weighted by Gasteiger charge is -2.45. The lowest BCUT2D eigenvalue weighted by Crippen LogP contribution is -2.36. The zero-order valence-electron chi connectivity index (χ0n) is 28.9. The molecule has 1 spiro atoms. The number of nitrogens with zero attached hydrogens (tertiary/aromatic N) is 1. The van der Waals surface area contributed by atoms with Gasteiger partial charge in [-0.15, -0.1) is 0 Å². The first-order valence-corrected chi connectivity index (χ1v) is 18.3. The van der Waals surface area contributed by atoms with E-state index in [1.807, 2.05) is 0 Å². The lowest BCUT2D eigenvalue weighted by molar-refractivity contribution is 0.435. The Morgan fingerprint density at radius 2 is 1.00 bits per heavy atom. The van der Waals surface area contributed by atoms with E-state index < -0.39 is 5.41 Å². The molecule has 0 bridgehead atoms. The fourth-order valence-electron chi connectivity index (χ4n) is 9.18. The van der Waals surface area contributed by atoms with Crippen LogP contribution in [0, 0.1) is 0 Å². The van der Waals surface area contributed by atoms with Crippen molar-refractivity contribution < 1.29 is 4.74 Å². The highest BCUT2D eigenvalue weighted by Gasteiger charge is 2.49. The van der Waals surface area contributed by atoms with Gasteiger partial charge in [-0.3, -0.25) is 0 Å². The van der Waals surface area contributed by atoms with Crippen LogP contribution in [0.4, 0.5) is 17.1 Å². The molecule has 9 aromatic carbocycles. The van der Waals surface area contributed by atoms with Crippen molar-refractivity contribution in [2.75, 3.05) is 4.90 Å². The van der Waals surface area contributed by atoms with Crippen molar-refractivity contribution in [3.05, 3.63) is 222 Å². The SMILES string of the molecule is c1ccc(-c2cccc3c(N(c4ccccc4)c4ccc5c(c4)Oc4ccccc4C54c5ccccc5-c5cccc6cccc4c56)cccc23)cc1. The molecule has 2 aliphatic rings. The van der Waals surface area contributed by atoms with Crippen LogP contribution in [0.3, 0.4) is 0 Å². The molecule has 53 heavy (non-hydrogen) atoms. The van der Waals surface area contributed by atoms with E-state index in [2.05, 4.69) is 205 Å². The van der Waals surface area contributed by atoms with Gasteiger partial charge < -0.3 is 9.64 Å². The minimum atomic E-state index is -0.575. The quantitative estimate of drug-likeness (QED) is 0.184. The van der Waals surface area contributed by atoms with E-state index in [1.54, 1.807) is 0 Å².